The number of β-amino-alcohol motifs (C(OH)–C–C–N with tert-alkyl or cyclic N) is 1. The van der Waals surface area contributed by atoms with Gasteiger partial charge in [0, 0.05) is 40.4 Å². The lowest BCUT2D eigenvalue weighted by molar-refractivity contribution is -0.144. The smallest absolute Gasteiger partial charge is 0.246 e. The maximum Gasteiger partial charge on any atom is 0.246 e. The van der Waals surface area contributed by atoms with Gasteiger partial charge in [0.25, 0.3) is 0 Å². The van der Waals surface area contributed by atoms with Gasteiger partial charge in [-0.15, -0.1) is 32.9 Å². The Morgan fingerprint density at radius 1 is 0.945 bits per heavy atom. The number of likely N-dealkylation sites (tertiary alicyclic amines) is 1. The molecule has 3 aromatic heterocycles. The summed E-state index contributed by atoms with van der Waals surface area (Å²) in [6.45, 7) is 17.1. The fraction of sp³-hybridized carbons (Fsp3) is 0.407. The van der Waals surface area contributed by atoms with Crippen LogP contribution in [0, 0.1) is 38.9 Å². The summed E-state index contributed by atoms with van der Waals surface area (Å²) in [4.78, 5) is 68.4. The van der Waals surface area contributed by atoms with Crippen LogP contribution in [-0.2, 0) is 25.6 Å². The number of hydrogen-bond donors (Lipinski definition) is 4. The highest BCUT2D eigenvalue weighted by Gasteiger charge is 2.45. The molecule has 1 fully saturated rings. The number of rotatable bonds is 16. The van der Waals surface area contributed by atoms with E-state index in [1.54, 1.807) is 55.9 Å². The third-order valence-corrected chi connectivity index (χ3v) is 15.8. The van der Waals surface area contributed by atoms with E-state index >= 15 is 4.39 Å². The Labute approximate surface area is 437 Å². The molecule has 2 aliphatic rings. The molecule has 4 N–H and O–H groups in total. The lowest BCUT2D eigenvalue weighted by Crippen LogP contribution is -2.57. The van der Waals surface area contributed by atoms with Crippen LogP contribution in [0.4, 0.5) is 4.39 Å². The van der Waals surface area contributed by atoms with E-state index in [-0.39, 0.29) is 50.2 Å². The first kappa shape index (κ1) is 53.0. The van der Waals surface area contributed by atoms with Crippen molar-refractivity contribution >= 4 is 63.6 Å². The zero-order valence-corrected chi connectivity index (χ0v) is 44.8. The summed E-state index contributed by atoms with van der Waals surface area (Å²) in [7, 11) is 0. The molecule has 6 aromatic rings. The number of aryl methyl sites for hydroxylation is 4. The second kappa shape index (κ2) is 22.0. The number of thiophene rings is 1. The fourth-order valence-corrected chi connectivity index (χ4v) is 11.4. The molecule has 1 unspecified atom stereocenters. The molecule has 4 amide bonds. The molecule has 0 saturated carbocycles. The average Bonchev–Trinajstić information content (AvgIpc) is 4.12. The van der Waals surface area contributed by atoms with Gasteiger partial charge in [-0.2, -0.15) is 0 Å². The maximum atomic E-state index is 15.3. The molecule has 384 valence electrons. The molecule has 8 rings (SSSR count). The zero-order chi connectivity index (χ0) is 52.5. The van der Waals surface area contributed by atoms with Crippen molar-refractivity contribution in [3.05, 3.63) is 133 Å². The molecule has 0 aliphatic carbocycles. The summed E-state index contributed by atoms with van der Waals surface area (Å²) in [6.07, 6.45) is -1.58. The predicted molar refractivity (Wildman–Crippen MR) is 282 cm³/mol. The van der Waals surface area contributed by atoms with Crippen molar-refractivity contribution in [3.8, 4) is 21.2 Å². The van der Waals surface area contributed by atoms with Gasteiger partial charge in [0.15, 0.2) is 5.82 Å². The molecule has 0 spiro atoms. The van der Waals surface area contributed by atoms with E-state index in [0.717, 1.165) is 54.0 Å². The summed E-state index contributed by atoms with van der Waals surface area (Å²) in [6, 6.07) is 16.6. The van der Waals surface area contributed by atoms with Gasteiger partial charge in [-0.3, -0.25) is 28.7 Å². The number of aliphatic hydroxyl groups excluding tert-OH is 1. The third-order valence-electron chi connectivity index (χ3n) is 13.4. The van der Waals surface area contributed by atoms with E-state index in [4.69, 9.17) is 21.3 Å². The minimum Gasteiger partial charge on any atom is -0.489 e. The summed E-state index contributed by atoms with van der Waals surface area (Å²) >= 11 is 9.45. The molecular weight excluding hydrogens is 989 g/mol. The van der Waals surface area contributed by atoms with E-state index in [1.807, 2.05) is 73.9 Å². The standard InChI is InChI=1S/C54H61ClFN9O6S2/c1-28(25-57-45(68)24-42-50-63-62-33(6)65(50)53-46(29(2)32(5)73-53)47(60-42)35-14-17-38(55)18-15-35)71-40-19-20-41(56)37(22-40)16-21-44(67)61-49(54(7,8)9)52(70)64-26-39(66)23-43(64)51(69)59-30(3)34-10-12-36(13-11-34)48-31(4)58-27-72-48/h10-15,17-20,22,27-28,30,39,42-43,49,66H,16,21,23-26H2,1-9H3,(H,57,68)(H,59,69)(H,61,67)/t28?,30-,39+,42-,43-,49+/m0/s1. The lowest BCUT2D eigenvalue weighted by atomic mass is 9.85. The summed E-state index contributed by atoms with van der Waals surface area (Å²) in [5.74, 6) is -0.628. The van der Waals surface area contributed by atoms with E-state index in [9.17, 15) is 24.3 Å². The number of nitrogens with zero attached hydrogens (tertiary/aromatic N) is 6. The van der Waals surface area contributed by atoms with Crippen molar-refractivity contribution in [2.75, 3.05) is 13.1 Å². The van der Waals surface area contributed by atoms with E-state index in [0.29, 0.717) is 22.4 Å². The quantitative estimate of drug-likeness (QED) is 0.0735. The van der Waals surface area contributed by atoms with Crippen molar-refractivity contribution in [1.29, 1.82) is 0 Å². The van der Waals surface area contributed by atoms with Crippen LogP contribution in [0.25, 0.3) is 15.4 Å². The topological polar surface area (TPSA) is 193 Å². The lowest BCUT2D eigenvalue weighted by Gasteiger charge is -2.35. The number of fused-ring (bicyclic) bond motifs is 3. The molecule has 3 aromatic carbocycles. The third kappa shape index (κ3) is 11.9. The molecular formula is C54H61ClFN9O6S2. The molecule has 2 aliphatic heterocycles. The average molecular weight is 1050 g/mol. The zero-order valence-electron chi connectivity index (χ0n) is 42.4. The van der Waals surface area contributed by atoms with Gasteiger partial charge in [-0.25, -0.2) is 9.37 Å². The minimum atomic E-state index is -1.05. The normalized spacial score (nSPS) is 17.7. The number of ether oxygens (including phenoxy) is 1. The summed E-state index contributed by atoms with van der Waals surface area (Å²) in [5.41, 5.74) is 7.74. The first-order chi connectivity index (χ1) is 34.7. The highest BCUT2D eigenvalue weighted by atomic mass is 35.5. The Balaban J connectivity index is 0.862. The number of carbonyl (C=O) groups excluding carboxylic acids is 4. The first-order valence-corrected chi connectivity index (χ1v) is 26.4. The second-order valence-electron chi connectivity index (χ2n) is 20.0. The Morgan fingerprint density at radius 3 is 2.34 bits per heavy atom. The monoisotopic (exact) mass is 1050 g/mol. The molecule has 1 saturated heterocycles. The molecule has 0 radical (unpaired) electrons. The van der Waals surface area contributed by atoms with Crippen molar-refractivity contribution in [2.24, 2.45) is 10.4 Å². The van der Waals surface area contributed by atoms with Gasteiger partial charge < -0.3 is 30.7 Å². The van der Waals surface area contributed by atoms with Crippen LogP contribution >= 0.6 is 34.3 Å². The van der Waals surface area contributed by atoms with Gasteiger partial charge in [-0.05, 0) is 106 Å². The largest absolute Gasteiger partial charge is 0.489 e. The highest BCUT2D eigenvalue weighted by molar-refractivity contribution is 7.15. The number of aliphatic imine (C=N–C) groups is 1. The molecule has 73 heavy (non-hydrogen) atoms. The van der Waals surface area contributed by atoms with Crippen LogP contribution in [0.2, 0.25) is 5.02 Å². The molecule has 0 bridgehead atoms. The number of benzene rings is 3. The number of carbonyl (C=O) groups is 4. The van der Waals surface area contributed by atoms with Crippen LogP contribution in [0.5, 0.6) is 5.75 Å². The molecule has 15 nitrogen and oxygen atoms in total. The Bertz CT molecular complexity index is 3060. The number of halogens is 2. The number of amides is 4. The number of aromatic nitrogens is 4. The van der Waals surface area contributed by atoms with E-state index in [1.165, 1.54) is 23.1 Å². The van der Waals surface area contributed by atoms with Crippen molar-refractivity contribution in [3.63, 3.8) is 0 Å². The van der Waals surface area contributed by atoms with Crippen LogP contribution in [0.1, 0.15) is 116 Å². The molecule has 19 heteroatoms. The Hall–Kier alpha value is -6.34. The van der Waals surface area contributed by atoms with Gasteiger partial charge in [0.05, 0.1) is 46.9 Å². The Kier molecular flexibility index (Phi) is 16.0. The number of aliphatic hydroxyl groups is 1. The van der Waals surface area contributed by atoms with Gasteiger partial charge in [0.2, 0.25) is 23.6 Å². The highest BCUT2D eigenvalue weighted by Crippen LogP contribution is 2.40. The van der Waals surface area contributed by atoms with Gasteiger partial charge in [0.1, 0.15) is 46.6 Å². The van der Waals surface area contributed by atoms with Crippen molar-refractivity contribution < 1.29 is 33.4 Å². The molecule has 5 heterocycles. The minimum absolute atomic E-state index is 0.00310. The van der Waals surface area contributed by atoms with Crippen LogP contribution < -0.4 is 20.7 Å². The van der Waals surface area contributed by atoms with Crippen molar-refractivity contribution in [2.45, 2.75) is 124 Å². The number of nitrogens with one attached hydrogen (secondary N) is 3. The van der Waals surface area contributed by atoms with Crippen LogP contribution in [-0.4, -0.2) is 96.5 Å². The van der Waals surface area contributed by atoms with Crippen molar-refractivity contribution in [1.82, 2.24) is 40.6 Å². The number of thiazole rings is 1. The summed E-state index contributed by atoms with van der Waals surface area (Å²) < 4.78 is 23.4. The maximum absolute atomic E-state index is 15.3. The SMILES string of the molecule is Cc1ncsc1-c1ccc([C@H](C)NC(=O)[C@@H]2C[C@@H](O)CN2C(=O)[C@@H](NC(=O)CCc2cc(OC(C)CNC(=O)C[C@@H]3N=C(c4ccc(Cl)cc4)c4c(sc(C)c4C)-n4c(C)nnc43)ccc2F)C(C)(C)C)cc1. The second-order valence-corrected chi connectivity index (χ2v) is 22.5. The van der Waals surface area contributed by atoms with E-state index in [2.05, 4.69) is 45.0 Å². The van der Waals surface area contributed by atoms with Gasteiger partial charge >= 0.3 is 0 Å². The number of hydrogen-bond acceptors (Lipinski definition) is 12. The van der Waals surface area contributed by atoms with Crippen LogP contribution in [0.15, 0.2) is 77.2 Å². The fourth-order valence-electron chi connectivity index (χ4n) is 9.22. The Morgan fingerprint density at radius 2 is 1.66 bits per heavy atom. The van der Waals surface area contributed by atoms with Crippen LogP contribution in [0.3, 0.4) is 0 Å². The summed E-state index contributed by atoms with van der Waals surface area (Å²) in [5, 5.41) is 30.0. The first-order valence-electron chi connectivity index (χ1n) is 24.3. The van der Waals surface area contributed by atoms with E-state index < -0.39 is 65.3 Å². The molecule has 6 atom stereocenters. The predicted octanol–water partition coefficient (Wildman–Crippen LogP) is 8.65. The van der Waals surface area contributed by atoms with Gasteiger partial charge in [-0.1, -0.05) is 68.8 Å².